The molecule has 1 heterocycles. The van der Waals surface area contributed by atoms with Gasteiger partial charge in [0.15, 0.2) is 5.16 Å². The number of amides is 1. The summed E-state index contributed by atoms with van der Waals surface area (Å²) in [7, 11) is 1.85. The third-order valence-corrected chi connectivity index (χ3v) is 3.90. The predicted molar refractivity (Wildman–Crippen MR) is 82.6 cm³/mol. The number of anilines is 1. The van der Waals surface area contributed by atoms with E-state index in [-0.39, 0.29) is 11.2 Å². The van der Waals surface area contributed by atoms with E-state index in [1.165, 1.54) is 11.8 Å². The molecule has 1 atom stereocenters. The molecule has 0 aliphatic carbocycles. The number of carbonyl (C=O) groups excluding carboxylic acids is 1. The van der Waals surface area contributed by atoms with Crippen LogP contribution in [0.5, 0.6) is 5.75 Å². The van der Waals surface area contributed by atoms with Gasteiger partial charge in [-0.1, -0.05) is 11.8 Å². The van der Waals surface area contributed by atoms with Crippen molar-refractivity contribution in [2.24, 2.45) is 7.05 Å². The van der Waals surface area contributed by atoms with Crippen LogP contribution in [0.4, 0.5) is 5.69 Å². The Hall–Kier alpha value is -2.02. The second-order valence-electron chi connectivity index (χ2n) is 4.43. The van der Waals surface area contributed by atoms with E-state index in [0.717, 1.165) is 11.4 Å². The summed E-state index contributed by atoms with van der Waals surface area (Å²) in [5.74, 6) is 0.712. The lowest BCUT2D eigenvalue weighted by atomic mass is 10.3. The number of nitrogens with one attached hydrogen (secondary N) is 1. The summed E-state index contributed by atoms with van der Waals surface area (Å²) in [4.78, 5) is 12.1. The molecule has 0 saturated heterocycles. The van der Waals surface area contributed by atoms with Crippen molar-refractivity contribution in [1.82, 2.24) is 14.8 Å². The Labute approximate surface area is 127 Å². The van der Waals surface area contributed by atoms with Gasteiger partial charge in [-0.2, -0.15) is 0 Å². The molecular formula is C14H18N4O2S. The Kier molecular flexibility index (Phi) is 5.21. The molecule has 112 valence electrons. The summed E-state index contributed by atoms with van der Waals surface area (Å²) in [6, 6.07) is 7.31. The number of carbonyl (C=O) groups is 1. The number of rotatable bonds is 6. The van der Waals surface area contributed by atoms with Crippen molar-refractivity contribution in [2.45, 2.75) is 24.3 Å². The van der Waals surface area contributed by atoms with Gasteiger partial charge < -0.3 is 14.6 Å². The normalized spacial score (nSPS) is 12.0. The van der Waals surface area contributed by atoms with Gasteiger partial charge >= 0.3 is 0 Å². The Morgan fingerprint density at radius 3 is 2.71 bits per heavy atom. The maximum Gasteiger partial charge on any atom is 0.237 e. The molecule has 0 aliphatic rings. The highest BCUT2D eigenvalue weighted by molar-refractivity contribution is 8.00. The Balaban J connectivity index is 1.92. The summed E-state index contributed by atoms with van der Waals surface area (Å²) in [6.07, 6.45) is 1.61. The Morgan fingerprint density at radius 1 is 1.43 bits per heavy atom. The van der Waals surface area contributed by atoms with E-state index in [0.29, 0.717) is 11.8 Å². The van der Waals surface area contributed by atoms with Crippen molar-refractivity contribution < 1.29 is 9.53 Å². The van der Waals surface area contributed by atoms with Crippen LogP contribution in [0.2, 0.25) is 0 Å². The molecule has 2 rings (SSSR count). The number of aromatic nitrogens is 3. The van der Waals surface area contributed by atoms with Crippen molar-refractivity contribution in [1.29, 1.82) is 0 Å². The molecule has 7 heteroatoms. The van der Waals surface area contributed by atoms with E-state index < -0.39 is 0 Å². The van der Waals surface area contributed by atoms with Crippen LogP contribution in [0.15, 0.2) is 35.7 Å². The minimum Gasteiger partial charge on any atom is -0.494 e. The number of hydrogen-bond acceptors (Lipinski definition) is 5. The summed E-state index contributed by atoms with van der Waals surface area (Å²) >= 11 is 1.37. The van der Waals surface area contributed by atoms with Gasteiger partial charge in [0.1, 0.15) is 12.1 Å². The van der Waals surface area contributed by atoms with Crippen molar-refractivity contribution in [3.63, 3.8) is 0 Å². The number of thioether (sulfide) groups is 1. The summed E-state index contributed by atoms with van der Waals surface area (Å²) in [5, 5.41) is 11.1. The smallest absolute Gasteiger partial charge is 0.237 e. The molecule has 0 saturated carbocycles. The van der Waals surface area contributed by atoms with Crippen molar-refractivity contribution in [3.05, 3.63) is 30.6 Å². The van der Waals surface area contributed by atoms with Crippen LogP contribution in [-0.2, 0) is 11.8 Å². The maximum absolute atomic E-state index is 12.1. The van der Waals surface area contributed by atoms with Crippen LogP contribution in [-0.4, -0.2) is 32.5 Å². The maximum atomic E-state index is 12.1. The van der Waals surface area contributed by atoms with Crippen LogP contribution in [0, 0.1) is 0 Å². The third kappa shape index (κ3) is 4.22. The lowest BCUT2D eigenvalue weighted by Gasteiger charge is -2.11. The Bertz CT molecular complexity index is 597. The van der Waals surface area contributed by atoms with E-state index >= 15 is 0 Å². The Morgan fingerprint density at radius 2 is 2.14 bits per heavy atom. The van der Waals surface area contributed by atoms with Crippen LogP contribution in [0.25, 0.3) is 0 Å². The molecule has 1 aromatic carbocycles. The van der Waals surface area contributed by atoms with Crippen LogP contribution >= 0.6 is 11.8 Å². The fourth-order valence-electron chi connectivity index (χ4n) is 1.64. The first kappa shape index (κ1) is 15.4. The predicted octanol–water partition coefficient (Wildman–Crippen LogP) is 2.33. The number of hydrogen-bond donors (Lipinski definition) is 1. The first-order chi connectivity index (χ1) is 10.1. The van der Waals surface area contributed by atoms with E-state index in [9.17, 15) is 4.79 Å². The largest absolute Gasteiger partial charge is 0.494 e. The van der Waals surface area contributed by atoms with E-state index in [4.69, 9.17) is 4.74 Å². The van der Waals surface area contributed by atoms with Gasteiger partial charge in [-0.15, -0.1) is 10.2 Å². The van der Waals surface area contributed by atoms with Gasteiger partial charge in [-0.25, -0.2) is 0 Å². The first-order valence-corrected chi connectivity index (χ1v) is 7.52. The van der Waals surface area contributed by atoms with Gasteiger partial charge in [0.2, 0.25) is 5.91 Å². The highest BCUT2D eigenvalue weighted by atomic mass is 32.2. The molecule has 21 heavy (non-hydrogen) atoms. The summed E-state index contributed by atoms with van der Waals surface area (Å²) in [5.41, 5.74) is 0.744. The van der Waals surface area contributed by atoms with Crippen molar-refractivity contribution >= 4 is 23.4 Å². The molecule has 6 nitrogen and oxygen atoms in total. The molecule has 0 spiro atoms. The standard InChI is InChI=1S/C14H18N4O2S/c1-4-20-12-7-5-11(6-8-12)16-13(19)10(2)21-14-17-15-9-18(14)3/h5-10H,4H2,1-3H3,(H,16,19)/t10-/m1/s1. The summed E-state index contributed by atoms with van der Waals surface area (Å²) in [6.45, 7) is 4.39. The van der Waals surface area contributed by atoms with E-state index in [1.807, 2.05) is 45.2 Å². The zero-order valence-electron chi connectivity index (χ0n) is 12.2. The number of nitrogens with zero attached hydrogens (tertiary/aromatic N) is 3. The number of ether oxygens (including phenoxy) is 1. The van der Waals surface area contributed by atoms with Crippen LogP contribution < -0.4 is 10.1 Å². The fraction of sp³-hybridized carbons (Fsp3) is 0.357. The molecule has 1 N–H and O–H groups in total. The van der Waals surface area contributed by atoms with Gasteiger partial charge in [-0.3, -0.25) is 4.79 Å². The molecule has 0 aliphatic heterocycles. The molecule has 1 amide bonds. The van der Waals surface area contributed by atoms with Crippen molar-refractivity contribution in [2.75, 3.05) is 11.9 Å². The highest BCUT2D eigenvalue weighted by Gasteiger charge is 2.17. The third-order valence-electron chi connectivity index (χ3n) is 2.75. The van der Waals surface area contributed by atoms with E-state index in [2.05, 4.69) is 15.5 Å². The first-order valence-electron chi connectivity index (χ1n) is 6.64. The average molecular weight is 306 g/mol. The molecule has 0 unspecified atom stereocenters. The fourth-order valence-corrected chi connectivity index (χ4v) is 2.43. The minimum absolute atomic E-state index is 0.0767. The SMILES string of the molecule is CCOc1ccc(NC(=O)[C@@H](C)Sc2nncn2C)cc1. The highest BCUT2D eigenvalue weighted by Crippen LogP contribution is 2.22. The second-order valence-corrected chi connectivity index (χ2v) is 5.74. The van der Waals surface area contributed by atoms with E-state index in [1.54, 1.807) is 10.9 Å². The zero-order valence-corrected chi connectivity index (χ0v) is 13.1. The van der Waals surface area contributed by atoms with Crippen LogP contribution in [0.3, 0.4) is 0 Å². The monoisotopic (exact) mass is 306 g/mol. The topological polar surface area (TPSA) is 69.0 Å². The van der Waals surface area contributed by atoms with Gasteiger partial charge in [-0.05, 0) is 38.1 Å². The van der Waals surface area contributed by atoms with Gasteiger partial charge in [0.25, 0.3) is 0 Å². The average Bonchev–Trinajstić information content (AvgIpc) is 2.86. The molecule has 0 bridgehead atoms. The lowest BCUT2D eigenvalue weighted by molar-refractivity contribution is -0.115. The molecular weight excluding hydrogens is 288 g/mol. The molecule has 0 fully saturated rings. The summed E-state index contributed by atoms with van der Waals surface area (Å²) < 4.78 is 7.14. The van der Waals surface area contributed by atoms with Gasteiger partial charge in [0.05, 0.1) is 11.9 Å². The van der Waals surface area contributed by atoms with Crippen LogP contribution in [0.1, 0.15) is 13.8 Å². The quantitative estimate of drug-likeness (QED) is 0.830. The molecule has 1 aromatic heterocycles. The molecule has 2 aromatic rings. The minimum atomic E-state index is -0.264. The number of aryl methyl sites for hydroxylation is 1. The zero-order chi connectivity index (χ0) is 15.2. The van der Waals surface area contributed by atoms with Crippen molar-refractivity contribution in [3.8, 4) is 5.75 Å². The second kappa shape index (κ2) is 7.12. The molecule has 0 radical (unpaired) electrons. The van der Waals surface area contributed by atoms with Gasteiger partial charge in [0, 0.05) is 12.7 Å². The lowest BCUT2D eigenvalue weighted by Crippen LogP contribution is -2.22. The number of benzene rings is 1.